The van der Waals surface area contributed by atoms with Gasteiger partial charge in [0.1, 0.15) is 30.3 Å². The molecule has 0 unspecified atom stereocenters. The van der Waals surface area contributed by atoms with Gasteiger partial charge in [0, 0.05) is 172 Å². The predicted octanol–water partition coefficient (Wildman–Crippen LogP) is 30.9. The highest BCUT2D eigenvalue weighted by molar-refractivity contribution is 6.33. The number of nitriles is 5. The van der Waals surface area contributed by atoms with Crippen LogP contribution < -0.4 is 24.5 Å². The number of rotatable bonds is 24. The number of nitrogens with zero attached hydrogens (tertiary/aromatic N) is 19. The van der Waals surface area contributed by atoms with Gasteiger partial charge in [-0.3, -0.25) is 23.8 Å². The molecule has 139 heavy (non-hydrogen) atoms. The fourth-order valence-electron chi connectivity index (χ4n) is 18.3. The molecule has 15 aromatic rings. The van der Waals surface area contributed by atoms with Crippen LogP contribution in [0.2, 0.25) is 25.1 Å². The zero-order valence-corrected chi connectivity index (χ0v) is 88.2. The minimum Gasteiger partial charge on any atom is -0.341 e. The third-order valence-corrected chi connectivity index (χ3v) is 27.0. The van der Waals surface area contributed by atoms with Crippen LogP contribution in [-0.4, -0.2) is 82.0 Å². The maximum atomic E-state index is 9.17. The van der Waals surface area contributed by atoms with E-state index in [2.05, 4.69) is 321 Å². The van der Waals surface area contributed by atoms with Crippen molar-refractivity contribution in [2.75, 3.05) is 57.2 Å². The Balaban J connectivity index is 0.000000166. The molecule has 0 aliphatic carbocycles. The van der Waals surface area contributed by atoms with Crippen LogP contribution in [0.5, 0.6) is 0 Å². The van der Waals surface area contributed by atoms with Crippen molar-refractivity contribution in [2.24, 2.45) is 7.05 Å². The lowest BCUT2D eigenvalue weighted by Crippen LogP contribution is -2.17. The summed E-state index contributed by atoms with van der Waals surface area (Å²) in [5.74, 6) is 0. The molecular formula is C114H123Cl5N20. The Kier molecular flexibility index (Phi) is 35.7. The largest absolute Gasteiger partial charge is 0.341 e. The van der Waals surface area contributed by atoms with E-state index in [9.17, 15) is 0 Å². The van der Waals surface area contributed by atoms with E-state index in [1.54, 1.807) is 30.3 Å². The summed E-state index contributed by atoms with van der Waals surface area (Å²) >= 11 is 31.4. The Bertz CT molecular complexity index is 7220. The van der Waals surface area contributed by atoms with Gasteiger partial charge in [-0.2, -0.15) is 51.8 Å². The number of hydrogen-bond acceptors (Lipinski definition) is 15. The van der Waals surface area contributed by atoms with E-state index in [-0.39, 0.29) is 0 Å². The molecule has 0 saturated carbocycles. The van der Waals surface area contributed by atoms with Gasteiger partial charge >= 0.3 is 0 Å². The number of aryl methyl sites for hydroxylation is 14. The van der Waals surface area contributed by atoms with Crippen LogP contribution in [0.15, 0.2) is 182 Å². The van der Waals surface area contributed by atoms with Crippen LogP contribution in [0.1, 0.15) is 187 Å². The second-order valence-corrected chi connectivity index (χ2v) is 36.8. The fourth-order valence-corrected chi connectivity index (χ4v) is 19.4. The van der Waals surface area contributed by atoms with E-state index < -0.39 is 0 Å². The molecule has 10 aromatic carbocycles. The molecule has 714 valence electrons. The minimum atomic E-state index is 0.320. The van der Waals surface area contributed by atoms with Crippen molar-refractivity contribution in [1.82, 2.24) is 49.3 Å². The van der Waals surface area contributed by atoms with Crippen molar-refractivity contribution >= 4 is 115 Å². The van der Waals surface area contributed by atoms with Gasteiger partial charge in [0.05, 0.1) is 81.4 Å². The number of benzene rings is 10. The van der Waals surface area contributed by atoms with E-state index in [0.717, 1.165) is 177 Å². The van der Waals surface area contributed by atoms with Crippen molar-refractivity contribution < 1.29 is 0 Å². The van der Waals surface area contributed by atoms with E-state index in [1.807, 2.05) is 97.8 Å². The van der Waals surface area contributed by atoms with Crippen LogP contribution in [0.3, 0.4) is 0 Å². The lowest BCUT2D eigenvalue weighted by molar-refractivity contribution is 0.516. The molecule has 0 fully saturated rings. The third kappa shape index (κ3) is 23.3. The average molecular weight is 1950 g/mol. The van der Waals surface area contributed by atoms with E-state index in [4.69, 9.17) is 94.5 Å². The SMILES string of the molecule is CCCn1nc(C)c(-c2ccc(C)c(N(CC)c3ccc(C#N)c(Cl)c3)c2)c1C.CCN(c1ccc(C#N)c(Cl)c1)c1cc(-c2c(C)n[nH]c2C)ccc1C.CCN(c1ccc(C#N)c(Cl)c1)c1cc(-c2c(C)nn(C(C)C)c2C)ccc1C.CCN(c1ccc(C#N)c(Cl)c1)c1cc(-c2c(C)nn(C)c2C)ccc1C.CCN(c1ccc(C#N)c(Cl)c1)c1cc(-c2c(C)nn(CC)c2C)ccc1C. The number of aromatic amines is 1. The van der Waals surface area contributed by atoms with Gasteiger partial charge in [0.15, 0.2) is 0 Å². The van der Waals surface area contributed by atoms with Gasteiger partial charge < -0.3 is 24.5 Å². The Labute approximate surface area is 846 Å². The Morgan fingerprint density at radius 1 is 0.309 bits per heavy atom. The van der Waals surface area contributed by atoms with E-state index >= 15 is 0 Å². The summed E-state index contributed by atoms with van der Waals surface area (Å²) < 4.78 is 8.15. The second kappa shape index (κ2) is 47.0. The first-order chi connectivity index (χ1) is 66.4. The summed E-state index contributed by atoms with van der Waals surface area (Å²) in [4.78, 5) is 11.1. The number of halogens is 5. The zero-order chi connectivity index (χ0) is 101. The molecule has 0 atom stereocenters. The Morgan fingerprint density at radius 2 is 0.568 bits per heavy atom. The zero-order valence-electron chi connectivity index (χ0n) is 84.4. The first-order valence-electron chi connectivity index (χ1n) is 47.0. The van der Waals surface area contributed by atoms with Crippen molar-refractivity contribution in [1.29, 1.82) is 26.3 Å². The quantitative estimate of drug-likeness (QED) is 0.0592. The molecule has 25 heteroatoms. The van der Waals surface area contributed by atoms with Gasteiger partial charge in [-0.1, -0.05) is 126 Å². The first-order valence-corrected chi connectivity index (χ1v) is 48.9. The normalized spacial score (nSPS) is 10.8. The van der Waals surface area contributed by atoms with E-state index in [1.165, 1.54) is 72.7 Å². The molecule has 5 aromatic heterocycles. The maximum absolute atomic E-state index is 9.17. The average Bonchev–Trinajstić information content (AvgIpc) is 1.67. The molecule has 0 radical (unpaired) electrons. The highest BCUT2D eigenvalue weighted by Crippen LogP contribution is 2.44. The first kappa shape index (κ1) is 106. The molecule has 1 N–H and O–H groups in total. The number of nitrogens with one attached hydrogen (secondary N) is 1. The van der Waals surface area contributed by atoms with Gasteiger partial charge in [0.2, 0.25) is 0 Å². The highest BCUT2D eigenvalue weighted by atomic mass is 35.5. The van der Waals surface area contributed by atoms with Crippen molar-refractivity contribution in [3.63, 3.8) is 0 Å². The lowest BCUT2D eigenvalue weighted by atomic mass is 10.00. The van der Waals surface area contributed by atoms with Crippen molar-refractivity contribution in [2.45, 2.75) is 192 Å². The van der Waals surface area contributed by atoms with Gasteiger partial charge in [0.25, 0.3) is 0 Å². The number of H-pyrrole nitrogens is 1. The van der Waals surface area contributed by atoms with Crippen LogP contribution in [0, 0.1) is 161 Å². The number of aromatic nitrogens is 10. The summed E-state index contributed by atoms with van der Waals surface area (Å²) in [6.07, 6.45) is 1.06. The summed E-state index contributed by atoms with van der Waals surface area (Å²) in [6, 6.07) is 71.4. The molecule has 0 aliphatic rings. The fraction of sp³-hybridized carbons (Fsp3) is 0.298. The summed E-state index contributed by atoms with van der Waals surface area (Å²) in [6.45, 7) is 56.2. The van der Waals surface area contributed by atoms with Crippen LogP contribution >= 0.6 is 58.0 Å². The molecule has 0 spiro atoms. The molecule has 0 aliphatic heterocycles. The van der Waals surface area contributed by atoms with Gasteiger partial charge in [-0.05, 0) is 343 Å². The lowest BCUT2D eigenvalue weighted by Gasteiger charge is -2.26. The molecule has 20 nitrogen and oxygen atoms in total. The molecule has 0 amide bonds. The topological polar surface area (TPSA) is 235 Å². The smallest absolute Gasteiger partial charge is 0.101 e. The van der Waals surface area contributed by atoms with Crippen LogP contribution in [0.4, 0.5) is 56.9 Å². The second-order valence-electron chi connectivity index (χ2n) is 34.8. The third-order valence-electron chi connectivity index (χ3n) is 25.4. The molecule has 0 saturated heterocycles. The molecular weight excluding hydrogens is 1830 g/mol. The van der Waals surface area contributed by atoms with Crippen molar-refractivity contribution in [3.8, 4) is 86.0 Å². The standard InChI is InChI=1S/2C24H27ClN4.C23H25ClN4.C22H23ClN4.C21H21ClN4/c1-7-28(21-11-10-20(14-26)22(25)13-21)23-12-19(9-8-16(23)4)24-17(5)27-29(15(2)3)18(24)6;1-6-12-29-18(5)24(17(4)27-29)19-9-8-16(3)23(13-19)28(7-2)21-11-10-20(15-26)22(25)14-21;1-6-27(20-11-10-19(14-25)21(24)13-20)22-12-18(9-8-15(22)3)23-16(4)26-28(7-2)17(23)5;1-6-27(19-10-9-18(13-24)20(23)12-19)21-11-17(8-7-14(21)2)22-15(3)25-26(5)16(22)4;1-5-26(18-9-8-17(12-23)19(22)11-18)20-10-16(7-6-13(20)2)21-14(3)24-25-15(21)4/h8-13,15H,7H2,1-6H3;8-11,13-14H,6-7,12H2,1-5H3;8-13H,6-7H2,1-5H3;7-12H,6H2,1-5H3;6-11H,5H2,1-4H3,(H,24,25). The Hall–Kier alpha value is -13.9. The molecule has 5 heterocycles. The molecule has 15 rings (SSSR count). The maximum Gasteiger partial charge on any atom is 0.101 e. The van der Waals surface area contributed by atoms with Gasteiger partial charge in [-0.25, -0.2) is 0 Å². The number of hydrogen-bond donors (Lipinski definition) is 1. The summed E-state index contributed by atoms with van der Waals surface area (Å²) in [5.41, 5.74) is 41.4. The minimum absolute atomic E-state index is 0.320. The Morgan fingerprint density at radius 3 is 0.791 bits per heavy atom. The van der Waals surface area contributed by atoms with E-state index in [0.29, 0.717) is 59.0 Å². The highest BCUT2D eigenvalue weighted by Gasteiger charge is 2.26. The molecule has 0 bridgehead atoms. The predicted molar refractivity (Wildman–Crippen MR) is 577 cm³/mol. The summed E-state index contributed by atoms with van der Waals surface area (Å²) in [7, 11) is 1.97. The van der Waals surface area contributed by atoms with Crippen molar-refractivity contribution in [3.05, 3.63) is 320 Å². The summed E-state index contributed by atoms with van der Waals surface area (Å²) in [5, 5.41) is 74.1. The van der Waals surface area contributed by atoms with Crippen LogP contribution in [0.25, 0.3) is 55.6 Å². The monoisotopic (exact) mass is 1950 g/mol. The number of anilines is 10. The van der Waals surface area contributed by atoms with Gasteiger partial charge in [-0.15, -0.1) is 0 Å². The van der Waals surface area contributed by atoms with Crippen LogP contribution in [-0.2, 0) is 20.1 Å².